The van der Waals surface area contributed by atoms with Crippen molar-refractivity contribution in [1.82, 2.24) is 10.9 Å². The van der Waals surface area contributed by atoms with Crippen molar-refractivity contribution in [2.24, 2.45) is 11.8 Å². The lowest BCUT2D eigenvalue weighted by Gasteiger charge is -2.27. The average Bonchev–Trinajstić information content (AvgIpc) is 2.58. The van der Waals surface area contributed by atoms with Crippen LogP contribution >= 0.6 is 0 Å². The summed E-state index contributed by atoms with van der Waals surface area (Å²) in [6.45, 7) is 3.61. The Labute approximate surface area is 146 Å². The summed E-state index contributed by atoms with van der Waals surface area (Å²) in [5, 5.41) is 9.20. The van der Waals surface area contributed by atoms with E-state index in [4.69, 9.17) is 4.74 Å². The van der Waals surface area contributed by atoms with Gasteiger partial charge in [0.05, 0.1) is 11.8 Å². The van der Waals surface area contributed by atoms with Crippen LogP contribution < -0.4 is 15.6 Å². The minimum absolute atomic E-state index is 0.239. The molecule has 25 heavy (non-hydrogen) atoms. The molecular formula is C18H24N2O5. The predicted molar refractivity (Wildman–Crippen MR) is 90.8 cm³/mol. The smallest absolute Gasteiger partial charge is 0.307 e. The number of benzene rings is 1. The topological polar surface area (TPSA) is 105 Å². The standard InChI is InChI=1S/C18H24N2O5/c1-11-7-8-15(12(2)9-11)25-10-16(21)19-20-17(22)13-5-3-4-6-14(13)18(23)24/h7-9,13-14H,3-6,10H2,1-2H3,(H,19,21)(H,20,22)(H,23,24)/t13-,14-/m0/s1. The largest absolute Gasteiger partial charge is 0.483 e. The first kappa shape index (κ1) is 18.8. The zero-order valence-corrected chi connectivity index (χ0v) is 14.5. The fourth-order valence-corrected chi connectivity index (χ4v) is 3.10. The van der Waals surface area contributed by atoms with Gasteiger partial charge in [0.2, 0.25) is 5.91 Å². The Hall–Kier alpha value is -2.57. The van der Waals surface area contributed by atoms with Crippen LogP contribution in [0, 0.1) is 25.7 Å². The number of ether oxygens (including phenoxy) is 1. The van der Waals surface area contributed by atoms with Crippen molar-refractivity contribution in [3.05, 3.63) is 29.3 Å². The van der Waals surface area contributed by atoms with Crippen molar-refractivity contribution in [2.45, 2.75) is 39.5 Å². The summed E-state index contributed by atoms with van der Waals surface area (Å²) in [6.07, 6.45) is 2.61. The van der Waals surface area contributed by atoms with E-state index in [9.17, 15) is 19.5 Å². The number of carboxylic acid groups (broad SMARTS) is 1. The van der Waals surface area contributed by atoms with Crippen LogP contribution in [0.15, 0.2) is 18.2 Å². The molecule has 0 bridgehead atoms. The summed E-state index contributed by atoms with van der Waals surface area (Å²) < 4.78 is 5.43. The first-order valence-electron chi connectivity index (χ1n) is 8.40. The Balaban J connectivity index is 1.80. The Morgan fingerprint density at radius 3 is 2.44 bits per heavy atom. The van der Waals surface area contributed by atoms with Crippen LogP contribution in [0.25, 0.3) is 0 Å². The van der Waals surface area contributed by atoms with Crippen molar-refractivity contribution in [3.63, 3.8) is 0 Å². The van der Waals surface area contributed by atoms with E-state index in [0.29, 0.717) is 18.6 Å². The number of amides is 2. The van der Waals surface area contributed by atoms with Gasteiger partial charge in [-0.05, 0) is 38.3 Å². The van der Waals surface area contributed by atoms with Crippen LogP contribution in [0.1, 0.15) is 36.8 Å². The first-order valence-corrected chi connectivity index (χ1v) is 8.40. The number of aryl methyl sites for hydroxylation is 2. The number of carboxylic acids is 1. The Bertz CT molecular complexity index is 659. The molecule has 1 aliphatic carbocycles. The Kier molecular flexibility index (Phi) is 6.38. The molecule has 0 unspecified atom stereocenters. The highest BCUT2D eigenvalue weighted by molar-refractivity contribution is 5.87. The molecule has 2 amide bonds. The fraction of sp³-hybridized carbons (Fsp3) is 0.500. The number of carbonyl (C=O) groups is 3. The molecule has 7 heteroatoms. The third kappa shape index (κ3) is 5.20. The normalized spacial score (nSPS) is 19.8. The van der Waals surface area contributed by atoms with Gasteiger partial charge >= 0.3 is 5.97 Å². The monoisotopic (exact) mass is 348 g/mol. The summed E-state index contributed by atoms with van der Waals surface area (Å²) in [5.74, 6) is -2.65. The molecule has 0 heterocycles. The van der Waals surface area contributed by atoms with Crippen LogP contribution in [-0.4, -0.2) is 29.5 Å². The van der Waals surface area contributed by atoms with Gasteiger partial charge in [0, 0.05) is 0 Å². The van der Waals surface area contributed by atoms with E-state index in [1.807, 2.05) is 26.0 Å². The maximum absolute atomic E-state index is 12.2. The van der Waals surface area contributed by atoms with Gasteiger partial charge in [-0.2, -0.15) is 0 Å². The number of hydrogen-bond acceptors (Lipinski definition) is 4. The molecule has 3 N–H and O–H groups in total. The van der Waals surface area contributed by atoms with E-state index < -0.39 is 29.6 Å². The van der Waals surface area contributed by atoms with Gasteiger partial charge < -0.3 is 9.84 Å². The van der Waals surface area contributed by atoms with Gasteiger partial charge in [0.1, 0.15) is 5.75 Å². The highest BCUT2D eigenvalue weighted by atomic mass is 16.5. The second kappa shape index (κ2) is 8.50. The minimum atomic E-state index is -0.968. The van der Waals surface area contributed by atoms with Crippen molar-refractivity contribution < 1.29 is 24.2 Å². The van der Waals surface area contributed by atoms with Gasteiger partial charge in [-0.3, -0.25) is 25.2 Å². The Morgan fingerprint density at radius 2 is 1.80 bits per heavy atom. The molecular weight excluding hydrogens is 324 g/mol. The van der Waals surface area contributed by atoms with E-state index in [1.165, 1.54) is 0 Å². The van der Waals surface area contributed by atoms with Crippen LogP contribution in [0.3, 0.4) is 0 Å². The second-order valence-corrected chi connectivity index (χ2v) is 6.43. The maximum Gasteiger partial charge on any atom is 0.307 e. The molecule has 0 saturated heterocycles. The van der Waals surface area contributed by atoms with Crippen molar-refractivity contribution in [3.8, 4) is 5.75 Å². The summed E-state index contributed by atoms with van der Waals surface area (Å²) in [4.78, 5) is 35.2. The van der Waals surface area contributed by atoms with Crippen LogP contribution in [0.5, 0.6) is 5.75 Å². The SMILES string of the molecule is Cc1ccc(OCC(=O)NNC(=O)[C@H]2CCCC[C@@H]2C(=O)O)c(C)c1. The van der Waals surface area contributed by atoms with E-state index in [0.717, 1.165) is 24.0 Å². The fourth-order valence-electron chi connectivity index (χ4n) is 3.10. The maximum atomic E-state index is 12.2. The third-order valence-electron chi connectivity index (χ3n) is 4.43. The van der Waals surface area contributed by atoms with Crippen molar-refractivity contribution in [2.75, 3.05) is 6.61 Å². The summed E-state index contributed by atoms with van der Waals surface area (Å²) in [7, 11) is 0. The third-order valence-corrected chi connectivity index (χ3v) is 4.43. The number of carbonyl (C=O) groups excluding carboxylic acids is 2. The lowest BCUT2D eigenvalue weighted by Crippen LogP contribution is -2.49. The Morgan fingerprint density at radius 1 is 1.12 bits per heavy atom. The second-order valence-electron chi connectivity index (χ2n) is 6.43. The first-order chi connectivity index (χ1) is 11.9. The summed E-state index contributed by atoms with van der Waals surface area (Å²) in [5.41, 5.74) is 6.62. The van der Waals surface area contributed by atoms with E-state index in [-0.39, 0.29) is 6.61 Å². The molecule has 0 aliphatic heterocycles. The van der Waals surface area contributed by atoms with Crippen LogP contribution in [0.4, 0.5) is 0 Å². The van der Waals surface area contributed by atoms with Gasteiger partial charge in [-0.1, -0.05) is 30.5 Å². The number of hydrogen-bond donors (Lipinski definition) is 3. The average molecular weight is 348 g/mol. The lowest BCUT2D eigenvalue weighted by atomic mass is 9.79. The van der Waals surface area contributed by atoms with Crippen LogP contribution in [-0.2, 0) is 14.4 Å². The highest BCUT2D eigenvalue weighted by Crippen LogP contribution is 2.30. The number of hydrazine groups is 1. The molecule has 1 fully saturated rings. The zero-order chi connectivity index (χ0) is 18.4. The van der Waals surface area contributed by atoms with Gasteiger partial charge in [0.25, 0.3) is 5.91 Å². The molecule has 1 aliphatic rings. The summed E-state index contributed by atoms with van der Waals surface area (Å²) in [6, 6.07) is 5.62. The van der Waals surface area contributed by atoms with Crippen molar-refractivity contribution >= 4 is 17.8 Å². The molecule has 0 spiro atoms. The molecule has 2 rings (SSSR count). The number of rotatable bonds is 5. The highest BCUT2D eigenvalue weighted by Gasteiger charge is 2.35. The molecule has 1 saturated carbocycles. The molecule has 0 aromatic heterocycles. The molecule has 1 aromatic rings. The van der Waals surface area contributed by atoms with E-state index in [1.54, 1.807) is 6.07 Å². The van der Waals surface area contributed by atoms with E-state index >= 15 is 0 Å². The minimum Gasteiger partial charge on any atom is -0.483 e. The molecule has 136 valence electrons. The lowest BCUT2D eigenvalue weighted by molar-refractivity contribution is -0.149. The van der Waals surface area contributed by atoms with Gasteiger partial charge in [0.15, 0.2) is 6.61 Å². The predicted octanol–water partition coefficient (Wildman–Crippen LogP) is 1.72. The number of nitrogens with one attached hydrogen (secondary N) is 2. The molecule has 2 atom stereocenters. The molecule has 1 aromatic carbocycles. The van der Waals surface area contributed by atoms with Crippen molar-refractivity contribution in [1.29, 1.82) is 0 Å². The zero-order valence-electron chi connectivity index (χ0n) is 14.5. The van der Waals surface area contributed by atoms with Gasteiger partial charge in [-0.25, -0.2) is 0 Å². The quantitative estimate of drug-likeness (QED) is 0.703. The molecule has 0 radical (unpaired) electrons. The van der Waals surface area contributed by atoms with Gasteiger partial charge in [-0.15, -0.1) is 0 Å². The molecule has 7 nitrogen and oxygen atoms in total. The van der Waals surface area contributed by atoms with Crippen LogP contribution in [0.2, 0.25) is 0 Å². The van der Waals surface area contributed by atoms with E-state index in [2.05, 4.69) is 10.9 Å². The number of aliphatic carboxylic acids is 1. The summed E-state index contributed by atoms with van der Waals surface area (Å²) >= 11 is 0.